The van der Waals surface area contributed by atoms with E-state index in [2.05, 4.69) is 6.92 Å². The Labute approximate surface area is 113 Å². The fourth-order valence-electron chi connectivity index (χ4n) is 1.89. The maximum absolute atomic E-state index is 13.3. The molecule has 0 fully saturated rings. The Bertz CT molecular complexity index is 581. The molecule has 2 aromatic carbocycles. The van der Waals surface area contributed by atoms with Gasteiger partial charge in [-0.05, 0) is 60.4 Å². The minimum Gasteiger partial charge on any atom is -0.489 e. The van der Waals surface area contributed by atoms with Crippen LogP contribution < -0.4 is 10.5 Å². The summed E-state index contributed by atoms with van der Waals surface area (Å²) in [4.78, 5) is 0. The van der Waals surface area contributed by atoms with E-state index in [1.807, 2.05) is 31.2 Å². The number of nitrogens with two attached hydrogens (primary N) is 1. The molecule has 19 heavy (non-hydrogen) atoms. The first-order chi connectivity index (χ1) is 9.08. The maximum atomic E-state index is 13.3. The van der Waals surface area contributed by atoms with E-state index in [-0.39, 0.29) is 5.82 Å². The van der Waals surface area contributed by atoms with Crippen LogP contribution in [0.3, 0.4) is 0 Å². The largest absolute Gasteiger partial charge is 0.489 e. The van der Waals surface area contributed by atoms with Crippen molar-refractivity contribution in [3.63, 3.8) is 0 Å². The predicted molar refractivity (Wildman–Crippen MR) is 74.5 cm³/mol. The number of halogens is 1. The van der Waals surface area contributed by atoms with Gasteiger partial charge in [-0.1, -0.05) is 12.1 Å². The second kappa shape index (κ2) is 5.85. The van der Waals surface area contributed by atoms with Crippen LogP contribution in [-0.4, -0.2) is 0 Å². The first-order valence-electron chi connectivity index (χ1n) is 6.27. The molecule has 2 aromatic rings. The van der Waals surface area contributed by atoms with Crippen molar-refractivity contribution < 1.29 is 9.13 Å². The molecule has 0 radical (unpaired) electrons. The minimum atomic E-state index is -0.276. The van der Waals surface area contributed by atoms with Crippen LogP contribution in [0.25, 0.3) is 0 Å². The smallest absolute Gasteiger partial charge is 0.123 e. The van der Waals surface area contributed by atoms with Crippen LogP contribution in [0, 0.1) is 19.7 Å². The van der Waals surface area contributed by atoms with Gasteiger partial charge in [0, 0.05) is 6.54 Å². The zero-order valence-electron chi connectivity index (χ0n) is 11.2. The monoisotopic (exact) mass is 259 g/mol. The summed E-state index contributed by atoms with van der Waals surface area (Å²) >= 11 is 0. The van der Waals surface area contributed by atoms with Crippen LogP contribution >= 0.6 is 0 Å². The molecular formula is C16H18FNO. The van der Waals surface area contributed by atoms with Crippen molar-refractivity contribution in [1.29, 1.82) is 0 Å². The molecule has 0 amide bonds. The van der Waals surface area contributed by atoms with Crippen molar-refractivity contribution in [2.45, 2.75) is 27.0 Å². The van der Waals surface area contributed by atoms with Crippen LogP contribution in [0.5, 0.6) is 5.75 Å². The Morgan fingerprint density at radius 3 is 2.42 bits per heavy atom. The van der Waals surface area contributed by atoms with Crippen molar-refractivity contribution in [3.8, 4) is 5.75 Å². The van der Waals surface area contributed by atoms with Crippen molar-refractivity contribution in [1.82, 2.24) is 0 Å². The number of ether oxygens (including phenoxy) is 1. The third kappa shape index (κ3) is 3.55. The number of rotatable bonds is 4. The average molecular weight is 259 g/mol. The minimum absolute atomic E-state index is 0.276. The van der Waals surface area contributed by atoms with E-state index >= 15 is 0 Å². The Morgan fingerprint density at radius 1 is 1.00 bits per heavy atom. The normalized spacial score (nSPS) is 10.5. The number of aryl methyl sites for hydroxylation is 2. The van der Waals surface area contributed by atoms with Crippen LogP contribution in [0.2, 0.25) is 0 Å². The zero-order valence-corrected chi connectivity index (χ0v) is 11.2. The summed E-state index contributed by atoms with van der Waals surface area (Å²) in [6.07, 6.45) is 0. The lowest BCUT2D eigenvalue weighted by Gasteiger charge is -2.09. The van der Waals surface area contributed by atoms with Gasteiger partial charge in [0.15, 0.2) is 0 Å². The third-order valence-electron chi connectivity index (χ3n) is 3.14. The lowest BCUT2D eigenvalue weighted by atomic mass is 10.1. The highest BCUT2D eigenvalue weighted by Gasteiger charge is 2.02. The first kappa shape index (κ1) is 13.6. The fraction of sp³-hybridized carbons (Fsp3) is 0.250. The second-order valence-electron chi connectivity index (χ2n) is 4.71. The molecule has 2 nitrogen and oxygen atoms in total. The molecule has 0 aliphatic carbocycles. The van der Waals surface area contributed by atoms with E-state index in [0.717, 1.165) is 16.9 Å². The average Bonchev–Trinajstić information content (AvgIpc) is 2.39. The molecule has 0 aliphatic heterocycles. The molecule has 0 saturated carbocycles. The molecule has 0 saturated heterocycles. The molecule has 0 spiro atoms. The zero-order chi connectivity index (χ0) is 13.8. The van der Waals surface area contributed by atoms with E-state index in [1.54, 1.807) is 0 Å². The van der Waals surface area contributed by atoms with Crippen LogP contribution in [-0.2, 0) is 13.2 Å². The van der Waals surface area contributed by atoms with Gasteiger partial charge in [-0.2, -0.15) is 0 Å². The summed E-state index contributed by atoms with van der Waals surface area (Å²) in [5.74, 6) is 0.517. The van der Waals surface area contributed by atoms with Gasteiger partial charge < -0.3 is 10.5 Å². The molecule has 0 aliphatic rings. The maximum Gasteiger partial charge on any atom is 0.123 e. The van der Waals surface area contributed by atoms with Gasteiger partial charge in [0.05, 0.1) is 0 Å². The molecule has 0 atom stereocenters. The summed E-state index contributed by atoms with van der Waals surface area (Å²) in [5.41, 5.74) is 9.50. The van der Waals surface area contributed by atoms with Crippen molar-refractivity contribution >= 4 is 0 Å². The molecule has 2 N–H and O–H groups in total. The predicted octanol–water partition coefficient (Wildman–Crippen LogP) is 3.48. The summed E-state index contributed by atoms with van der Waals surface area (Å²) < 4.78 is 19.0. The van der Waals surface area contributed by atoms with Gasteiger partial charge in [0.1, 0.15) is 18.2 Å². The molecule has 0 unspecified atom stereocenters. The summed E-state index contributed by atoms with van der Waals surface area (Å²) in [6, 6.07) is 10.7. The third-order valence-corrected chi connectivity index (χ3v) is 3.14. The van der Waals surface area contributed by atoms with Crippen molar-refractivity contribution in [2.24, 2.45) is 5.73 Å². The number of hydrogen-bond acceptors (Lipinski definition) is 2. The van der Waals surface area contributed by atoms with E-state index < -0.39 is 0 Å². The van der Waals surface area contributed by atoms with Gasteiger partial charge in [-0.25, -0.2) is 4.39 Å². The summed E-state index contributed by atoms with van der Waals surface area (Å²) in [5, 5.41) is 0. The van der Waals surface area contributed by atoms with E-state index in [9.17, 15) is 4.39 Å². The molecule has 100 valence electrons. The van der Waals surface area contributed by atoms with Crippen molar-refractivity contribution in [3.05, 3.63) is 64.5 Å². The van der Waals surface area contributed by atoms with Gasteiger partial charge in [0.25, 0.3) is 0 Å². The lowest BCUT2D eigenvalue weighted by Crippen LogP contribution is -2.01. The summed E-state index contributed by atoms with van der Waals surface area (Å²) in [7, 11) is 0. The van der Waals surface area contributed by atoms with E-state index in [4.69, 9.17) is 10.5 Å². The van der Waals surface area contributed by atoms with Crippen LogP contribution in [0.15, 0.2) is 36.4 Å². The molecule has 2 rings (SSSR count). The molecule has 0 heterocycles. The standard InChI is InChI=1S/C16H18FNO/c1-11-3-4-16(5-12(11)2)19-10-14-6-13(9-18)7-15(17)8-14/h3-8H,9-10,18H2,1-2H3. The molecule has 3 heteroatoms. The Balaban J connectivity index is 2.09. The van der Waals surface area contributed by atoms with Gasteiger partial charge in [-0.15, -0.1) is 0 Å². The topological polar surface area (TPSA) is 35.2 Å². The highest BCUT2D eigenvalue weighted by Crippen LogP contribution is 2.18. The fourth-order valence-corrected chi connectivity index (χ4v) is 1.89. The van der Waals surface area contributed by atoms with Gasteiger partial charge >= 0.3 is 0 Å². The Hall–Kier alpha value is -1.87. The molecular weight excluding hydrogens is 241 g/mol. The van der Waals surface area contributed by atoms with E-state index in [0.29, 0.717) is 13.2 Å². The van der Waals surface area contributed by atoms with Gasteiger partial charge in [0.2, 0.25) is 0 Å². The number of benzene rings is 2. The first-order valence-corrected chi connectivity index (χ1v) is 6.27. The summed E-state index contributed by atoms with van der Waals surface area (Å²) in [6.45, 7) is 4.76. The molecule has 0 aromatic heterocycles. The Morgan fingerprint density at radius 2 is 1.74 bits per heavy atom. The van der Waals surface area contributed by atoms with Crippen LogP contribution in [0.1, 0.15) is 22.3 Å². The van der Waals surface area contributed by atoms with Crippen molar-refractivity contribution in [2.75, 3.05) is 0 Å². The van der Waals surface area contributed by atoms with Gasteiger partial charge in [-0.3, -0.25) is 0 Å². The SMILES string of the molecule is Cc1ccc(OCc2cc(F)cc(CN)c2)cc1C. The highest BCUT2D eigenvalue weighted by atomic mass is 19.1. The number of hydrogen-bond donors (Lipinski definition) is 1. The Kier molecular flexibility index (Phi) is 4.17. The van der Waals surface area contributed by atoms with E-state index in [1.165, 1.54) is 23.3 Å². The van der Waals surface area contributed by atoms with Crippen LogP contribution in [0.4, 0.5) is 4.39 Å². The lowest BCUT2D eigenvalue weighted by molar-refractivity contribution is 0.305. The highest BCUT2D eigenvalue weighted by molar-refractivity contribution is 5.34. The quantitative estimate of drug-likeness (QED) is 0.912. The molecule has 0 bridgehead atoms. The second-order valence-corrected chi connectivity index (χ2v) is 4.71.